The first kappa shape index (κ1) is 98.3. The van der Waals surface area contributed by atoms with E-state index in [2.05, 4.69) is 177 Å². The zero-order chi connectivity index (χ0) is 78.8. The number of allylic oxidation sites excluding steroid dienone is 27. The summed E-state index contributed by atoms with van der Waals surface area (Å²) in [4.78, 5) is 13.5. The van der Waals surface area contributed by atoms with Crippen molar-refractivity contribution in [3.8, 4) is 0 Å². The molecule has 12 N–H and O–H groups in total. The summed E-state index contributed by atoms with van der Waals surface area (Å²) in [5.74, 6) is -0.327. The summed E-state index contributed by atoms with van der Waals surface area (Å²) in [5.41, 5.74) is 0. The van der Waals surface area contributed by atoms with Crippen molar-refractivity contribution >= 4 is 5.91 Å². The average Bonchev–Trinajstić information content (AvgIpc) is 0.760. The maximum atomic E-state index is 13.5. The lowest BCUT2D eigenvalue weighted by molar-refractivity contribution is -0.379. The molecule has 0 spiro atoms. The standard InChI is InChI=1S/C90H147NO18/c1-3-5-7-9-11-13-15-17-19-21-23-25-27-29-31-32-33-34-35-36-37-38-39-40-42-44-46-48-50-52-54-56-58-60-62-64-66-68-78(96)91-73(74(95)67-65-63-61-59-57-55-53-51-49-47-45-43-41-30-28-26-24-22-20-18-16-14-12-10-8-6-4-2)72-104-88-84(102)81(99)86(76(70-93)106-88)109-90-85(103)82(100)87(77(71-94)107-90)108-89-83(101)80(98)79(97)75(69-92)105-89/h5,7,11,13,17,19,23,25,29,31,33-34,36-37,39-40,44,46,49-52,56-59,65,67,73-77,79-90,92-95,97-103H,3-4,6,8-10,12,14-16,18,20-22,24,26-28,30,32,35,38,41-43,45,47-48,53-55,60-64,66,68-72H2,1-2H3,(H,91,96)/b7-5-,13-11-,19-17-,25-23-,31-29-,34-33-,37-36-,40-39-,46-44-,51-49+,52-50-,58-56-,59-57+,67-65+. The summed E-state index contributed by atoms with van der Waals surface area (Å²) in [6.07, 6.45) is 74.8. The second kappa shape index (κ2) is 67.6. The lowest BCUT2D eigenvalue weighted by Gasteiger charge is -2.48. The zero-order valence-corrected chi connectivity index (χ0v) is 66.5. The van der Waals surface area contributed by atoms with Crippen LogP contribution < -0.4 is 5.32 Å². The van der Waals surface area contributed by atoms with E-state index in [4.69, 9.17) is 28.4 Å². The predicted octanol–water partition coefficient (Wildman–Crippen LogP) is 14.9. The highest BCUT2D eigenvalue weighted by Crippen LogP contribution is 2.33. The van der Waals surface area contributed by atoms with Crippen LogP contribution in [0.25, 0.3) is 0 Å². The molecule has 0 aliphatic carbocycles. The Kier molecular flexibility index (Phi) is 61.0. The van der Waals surface area contributed by atoms with Crippen LogP contribution in [0.4, 0.5) is 0 Å². The molecule has 3 aliphatic heterocycles. The van der Waals surface area contributed by atoms with Gasteiger partial charge >= 0.3 is 0 Å². The largest absolute Gasteiger partial charge is 0.394 e. The summed E-state index contributed by atoms with van der Waals surface area (Å²) in [5, 5.41) is 121. The van der Waals surface area contributed by atoms with Crippen molar-refractivity contribution in [1.29, 1.82) is 0 Å². The Hall–Kier alpha value is -4.85. The zero-order valence-electron chi connectivity index (χ0n) is 66.5. The van der Waals surface area contributed by atoms with Crippen molar-refractivity contribution in [1.82, 2.24) is 5.32 Å². The molecule has 0 aromatic rings. The van der Waals surface area contributed by atoms with Crippen molar-refractivity contribution < 1.29 is 89.4 Å². The molecule has 0 bridgehead atoms. The van der Waals surface area contributed by atoms with Crippen LogP contribution in [0.3, 0.4) is 0 Å². The van der Waals surface area contributed by atoms with Gasteiger partial charge in [-0.25, -0.2) is 0 Å². The van der Waals surface area contributed by atoms with Gasteiger partial charge in [-0.2, -0.15) is 0 Å². The number of unbranched alkanes of at least 4 members (excludes halogenated alkanes) is 22. The van der Waals surface area contributed by atoms with Crippen LogP contribution in [0.15, 0.2) is 170 Å². The summed E-state index contributed by atoms with van der Waals surface area (Å²) in [7, 11) is 0. The number of hydrogen-bond acceptors (Lipinski definition) is 18. The van der Waals surface area contributed by atoms with E-state index in [1.807, 2.05) is 6.08 Å². The van der Waals surface area contributed by atoms with E-state index < -0.39 is 131 Å². The molecule has 3 saturated heterocycles. The van der Waals surface area contributed by atoms with Gasteiger partial charge in [0.1, 0.15) is 73.2 Å². The monoisotopic (exact) mass is 1530 g/mol. The Morgan fingerprint density at radius 3 is 1.03 bits per heavy atom. The lowest BCUT2D eigenvalue weighted by atomic mass is 9.96. The molecule has 3 aliphatic rings. The highest BCUT2D eigenvalue weighted by atomic mass is 16.8. The van der Waals surface area contributed by atoms with Gasteiger partial charge < -0.3 is 89.9 Å². The Bertz CT molecular complexity index is 2640. The van der Waals surface area contributed by atoms with Gasteiger partial charge in [0, 0.05) is 6.42 Å². The third-order valence-electron chi connectivity index (χ3n) is 19.5. The van der Waals surface area contributed by atoms with Gasteiger partial charge in [0.2, 0.25) is 5.91 Å². The molecule has 1 amide bonds. The maximum absolute atomic E-state index is 13.5. The highest BCUT2D eigenvalue weighted by molar-refractivity contribution is 5.76. The van der Waals surface area contributed by atoms with Gasteiger partial charge in [-0.05, 0) is 128 Å². The summed E-state index contributed by atoms with van der Waals surface area (Å²) in [6.45, 7) is 1.57. The maximum Gasteiger partial charge on any atom is 0.220 e. The molecule has 0 saturated carbocycles. The first-order chi connectivity index (χ1) is 53.3. The summed E-state index contributed by atoms with van der Waals surface area (Å²) < 4.78 is 34.4. The molecular weight excluding hydrogens is 1380 g/mol. The minimum atomic E-state index is -2.00. The van der Waals surface area contributed by atoms with Crippen LogP contribution >= 0.6 is 0 Å². The third-order valence-corrected chi connectivity index (χ3v) is 19.5. The fourth-order valence-corrected chi connectivity index (χ4v) is 12.8. The van der Waals surface area contributed by atoms with Crippen molar-refractivity contribution in [3.05, 3.63) is 170 Å². The lowest BCUT2D eigenvalue weighted by Crippen LogP contribution is -2.66. The van der Waals surface area contributed by atoms with E-state index in [0.717, 1.165) is 116 Å². The van der Waals surface area contributed by atoms with Crippen LogP contribution in [0.2, 0.25) is 0 Å². The quantitative estimate of drug-likeness (QED) is 0.0199. The molecule has 3 heterocycles. The Morgan fingerprint density at radius 1 is 0.339 bits per heavy atom. The molecule has 0 aromatic carbocycles. The van der Waals surface area contributed by atoms with Crippen molar-refractivity contribution in [2.75, 3.05) is 26.4 Å². The number of aliphatic hydroxyl groups is 11. The fourth-order valence-electron chi connectivity index (χ4n) is 12.8. The molecule has 3 fully saturated rings. The van der Waals surface area contributed by atoms with Crippen molar-refractivity contribution in [3.63, 3.8) is 0 Å². The normalized spacial score (nSPS) is 26.2. The highest BCUT2D eigenvalue weighted by Gasteiger charge is 2.54. The van der Waals surface area contributed by atoms with Crippen molar-refractivity contribution in [2.45, 2.75) is 362 Å². The van der Waals surface area contributed by atoms with Gasteiger partial charge in [-0.1, -0.05) is 293 Å². The van der Waals surface area contributed by atoms with E-state index in [0.29, 0.717) is 12.8 Å². The van der Waals surface area contributed by atoms with Crippen LogP contribution in [0.5, 0.6) is 0 Å². The number of amides is 1. The molecule has 17 atom stereocenters. The number of aliphatic hydroxyl groups excluding tert-OH is 11. The number of rotatable bonds is 64. The molecule has 19 nitrogen and oxygen atoms in total. The van der Waals surface area contributed by atoms with Crippen LogP contribution in [0, 0.1) is 0 Å². The van der Waals surface area contributed by atoms with Gasteiger partial charge in [-0.3, -0.25) is 4.79 Å². The van der Waals surface area contributed by atoms with E-state index in [1.165, 1.54) is 109 Å². The minimum Gasteiger partial charge on any atom is -0.394 e. The molecule has 0 radical (unpaired) electrons. The van der Waals surface area contributed by atoms with Crippen LogP contribution in [0.1, 0.15) is 258 Å². The fraction of sp³-hybridized carbons (Fsp3) is 0.678. The minimum absolute atomic E-state index is 0.180. The van der Waals surface area contributed by atoms with Gasteiger partial charge in [0.05, 0.1) is 38.6 Å². The van der Waals surface area contributed by atoms with E-state index in [1.54, 1.807) is 6.08 Å². The van der Waals surface area contributed by atoms with E-state index in [-0.39, 0.29) is 12.3 Å². The van der Waals surface area contributed by atoms with Gasteiger partial charge in [0.25, 0.3) is 0 Å². The van der Waals surface area contributed by atoms with Crippen LogP contribution in [-0.4, -0.2) is 193 Å². The number of hydrogen-bond donors (Lipinski definition) is 12. The SMILES string of the molecule is CC/C=C\C/C=C\C/C=C\C/C=C\C/C=C\C/C=C\C/C=C\C/C=C\C/C=C\C/C=C\C/C=C\CCCCCC(=O)NC(COC1OC(CO)C(OC2OC(CO)C(OC3OC(CO)C(O)C(O)C3O)C(O)C2O)C(O)C1O)C(O)/C=C/CC/C=C/CC/C=C/CCCCCCCCCCCCCCCCCCC. The number of nitrogens with one attached hydrogen (secondary N) is 1. The Morgan fingerprint density at radius 2 is 0.642 bits per heavy atom. The van der Waals surface area contributed by atoms with E-state index in [9.17, 15) is 61.0 Å². The first-order valence-electron chi connectivity index (χ1n) is 41.9. The van der Waals surface area contributed by atoms with Gasteiger partial charge in [0.15, 0.2) is 18.9 Å². The van der Waals surface area contributed by atoms with Gasteiger partial charge in [-0.15, -0.1) is 0 Å². The number of ether oxygens (including phenoxy) is 6. The topological polar surface area (TPSA) is 307 Å². The second-order valence-corrected chi connectivity index (χ2v) is 28.8. The molecule has 3 rings (SSSR count). The number of carbonyl (C=O) groups excluding carboxylic acids is 1. The second-order valence-electron chi connectivity index (χ2n) is 28.8. The smallest absolute Gasteiger partial charge is 0.220 e. The third kappa shape index (κ3) is 46.8. The molecule has 620 valence electrons. The average molecular weight is 1530 g/mol. The Balaban J connectivity index is 1.40. The number of carbonyl (C=O) groups is 1. The first-order valence-corrected chi connectivity index (χ1v) is 41.9. The van der Waals surface area contributed by atoms with Crippen molar-refractivity contribution in [2.24, 2.45) is 0 Å². The summed E-state index contributed by atoms with van der Waals surface area (Å²) >= 11 is 0. The predicted molar refractivity (Wildman–Crippen MR) is 438 cm³/mol. The van der Waals surface area contributed by atoms with E-state index >= 15 is 0 Å². The molecular formula is C90H147NO18. The Labute approximate surface area is 656 Å². The molecule has 17 unspecified atom stereocenters. The van der Waals surface area contributed by atoms with Crippen LogP contribution in [-0.2, 0) is 33.2 Å². The summed E-state index contributed by atoms with van der Waals surface area (Å²) in [6, 6.07) is -1.03. The molecule has 19 heteroatoms. The molecule has 0 aromatic heterocycles. The molecule has 109 heavy (non-hydrogen) atoms.